The molecule has 0 aliphatic carbocycles. The Morgan fingerprint density at radius 1 is 1.00 bits per heavy atom. The average Bonchev–Trinajstić information content (AvgIpc) is 2.64. The van der Waals surface area contributed by atoms with E-state index in [1.165, 1.54) is 23.4 Å². The standard InChI is InChI=1S/C19H21ClN2O3S/c1-15(23)16-6-8-18(9-7-16)26(24,25)22-12-10-21(11-13-22)14-17-4-2-3-5-19(17)20/h2-9H,10-14H2,1H3. The molecule has 0 atom stereocenters. The SMILES string of the molecule is CC(=O)c1ccc(S(=O)(=O)N2CCN(Cc3ccccc3Cl)CC2)cc1. The predicted octanol–water partition coefficient (Wildman–Crippen LogP) is 3.05. The van der Waals surface area contributed by atoms with Crippen LogP contribution in [0.3, 0.4) is 0 Å². The van der Waals surface area contributed by atoms with Gasteiger partial charge in [0.25, 0.3) is 0 Å². The average molecular weight is 393 g/mol. The number of hydrogen-bond donors (Lipinski definition) is 0. The van der Waals surface area contributed by atoms with E-state index in [1.807, 2.05) is 24.3 Å². The van der Waals surface area contributed by atoms with E-state index in [-0.39, 0.29) is 10.7 Å². The number of hydrogen-bond acceptors (Lipinski definition) is 4. The van der Waals surface area contributed by atoms with Crippen molar-refractivity contribution in [1.29, 1.82) is 0 Å². The van der Waals surface area contributed by atoms with Crippen LogP contribution in [0.15, 0.2) is 53.4 Å². The summed E-state index contributed by atoms with van der Waals surface area (Å²) in [6, 6.07) is 13.8. The molecule has 0 unspecified atom stereocenters. The van der Waals surface area contributed by atoms with Crippen LogP contribution in [0.5, 0.6) is 0 Å². The molecule has 0 aromatic heterocycles. The van der Waals surface area contributed by atoms with Gasteiger partial charge in [-0.2, -0.15) is 4.31 Å². The van der Waals surface area contributed by atoms with Crippen LogP contribution in [0, 0.1) is 0 Å². The molecule has 5 nitrogen and oxygen atoms in total. The zero-order valence-electron chi connectivity index (χ0n) is 14.6. The highest BCUT2D eigenvalue weighted by Gasteiger charge is 2.28. The van der Waals surface area contributed by atoms with E-state index in [0.717, 1.165) is 10.6 Å². The van der Waals surface area contributed by atoms with E-state index in [2.05, 4.69) is 4.90 Å². The zero-order valence-corrected chi connectivity index (χ0v) is 16.1. The second-order valence-corrected chi connectivity index (χ2v) is 8.70. The van der Waals surface area contributed by atoms with Gasteiger partial charge in [0, 0.05) is 43.3 Å². The number of ketones is 1. The number of carbonyl (C=O) groups is 1. The first-order valence-electron chi connectivity index (χ1n) is 8.45. The van der Waals surface area contributed by atoms with Crippen molar-refractivity contribution in [2.75, 3.05) is 26.2 Å². The van der Waals surface area contributed by atoms with Crippen LogP contribution in [-0.2, 0) is 16.6 Å². The monoisotopic (exact) mass is 392 g/mol. The molecule has 0 amide bonds. The fraction of sp³-hybridized carbons (Fsp3) is 0.316. The van der Waals surface area contributed by atoms with E-state index in [0.29, 0.717) is 38.3 Å². The molecule has 0 N–H and O–H groups in total. The Bertz CT molecular complexity index is 889. The minimum Gasteiger partial charge on any atom is -0.296 e. The van der Waals surface area contributed by atoms with Crippen molar-refractivity contribution in [2.45, 2.75) is 18.4 Å². The van der Waals surface area contributed by atoms with Crippen LogP contribution in [0.4, 0.5) is 0 Å². The molecule has 26 heavy (non-hydrogen) atoms. The Labute approximate surface area is 159 Å². The molecule has 2 aromatic carbocycles. The van der Waals surface area contributed by atoms with Gasteiger partial charge in [-0.3, -0.25) is 9.69 Å². The first-order chi connectivity index (χ1) is 12.4. The lowest BCUT2D eigenvalue weighted by Crippen LogP contribution is -2.48. The molecular weight excluding hydrogens is 372 g/mol. The number of piperazine rings is 1. The van der Waals surface area contributed by atoms with Gasteiger partial charge >= 0.3 is 0 Å². The molecule has 2 aromatic rings. The molecule has 138 valence electrons. The summed E-state index contributed by atoms with van der Waals surface area (Å²) < 4.78 is 27.1. The summed E-state index contributed by atoms with van der Waals surface area (Å²) in [5.74, 6) is -0.0814. The van der Waals surface area contributed by atoms with Gasteiger partial charge in [0.05, 0.1) is 4.90 Å². The Morgan fingerprint density at radius 2 is 1.62 bits per heavy atom. The van der Waals surface area contributed by atoms with Gasteiger partial charge in [-0.1, -0.05) is 41.9 Å². The summed E-state index contributed by atoms with van der Waals surface area (Å²) in [4.78, 5) is 13.8. The van der Waals surface area contributed by atoms with Gasteiger partial charge in [-0.25, -0.2) is 8.42 Å². The highest BCUT2D eigenvalue weighted by Crippen LogP contribution is 2.21. The minimum absolute atomic E-state index is 0.0814. The molecule has 7 heteroatoms. The van der Waals surface area contributed by atoms with Gasteiger partial charge < -0.3 is 0 Å². The summed E-state index contributed by atoms with van der Waals surface area (Å²) in [5, 5.41) is 0.730. The second-order valence-electron chi connectivity index (χ2n) is 6.35. The molecule has 1 aliphatic heterocycles. The van der Waals surface area contributed by atoms with E-state index in [1.54, 1.807) is 12.1 Å². The molecule has 0 radical (unpaired) electrons. The molecule has 1 saturated heterocycles. The fourth-order valence-electron chi connectivity index (χ4n) is 3.01. The third-order valence-electron chi connectivity index (χ3n) is 4.58. The quantitative estimate of drug-likeness (QED) is 0.734. The van der Waals surface area contributed by atoms with Crippen molar-refractivity contribution in [2.24, 2.45) is 0 Å². The van der Waals surface area contributed by atoms with Crippen LogP contribution in [-0.4, -0.2) is 49.6 Å². The summed E-state index contributed by atoms with van der Waals surface area (Å²) in [6.07, 6.45) is 0. The normalized spacial score (nSPS) is 16.5. The molecule has 0 bridgehead atoms. The smallest absolute Gasteiger partial charge is 0.243 e. The highest BCUT2D eigenvalue weighted by molar-refractivity contribution is 7.89. The van der Waals surface area contributed by atoms with E-state index < -0.39 is 10.0 Å². The van der Waals surface area contributed by atoms with Crippen LogP contribution in [0.1, 0.15) is 22.8 Å². The molecular formula is C19H21ClN2O3S. The molecule has 1 aliphatic rings. The van der Waals surface area contributed by atoms with E-state index >= 15 is 0 Å². The van der Waals surface area contributed by atoms with Crippen molar-refractivity contribution < 1.29 is 13.2 Å². The lowest BCUT2D eigenvalue weighted by atomic mass is 10.2. The second kappa shape index (κ2) is 7.88. The van der Waals surface area contributed by atoms with Gasteiger partial charge in [-0.15, -0.1) is 0 Å². The van der Waals surface area contributed by atoms with Crippen LogP contribution in [0.2, 0.25) is 5.02 Å². The zero-order chi connectivity index (χ0) is 18.7. The number of nitrogens with zero attached hydrogens (tertiary/aromatic N) is 2. The molecule has 3 rings (SSSR count). The summed E-state index contributed by atoms with van der Waals surface area (Å²) in [6.45, 7) is 4.33. The largest absolute Gasteiger partial charge is 0.296 e. The van der Waals surface area contributed by atoms with Gasteiger partial charge in [-0.05, 0) is 30.7 Å². The van der Waals surface area contributed by atoms with E-state index in [9.17, 15) is 13.2 Å². The number of halogens is 1. The predicted molar refractivity (Wildman–Crippen MR) is 102 cm³/mol. The summed E-state index contributed by atoms with van der Waals surface area (Å²) in [7, 11) is -3.54. The van der Waals surface area contributed by atoms with Crippen molar-refractivity contribution in [1.82, 2.24) is 9.21 Å². The molecule has 1 fully saturated rings. The fourth-order valence-corrected chi connectivity index (χ4v) is 4.62. The van der Waals surface area contributed by atoms with Gasteiger partial charge in [0.1, 0.15) is 0 Å². The Balaban J connectivity index is 1.65. The Hall–Kier alpha value is -1.73. The van der Waals surface area contributed by atoms with Crippen LogP contribution < -0.4 is 0 Å². The summed E-state index contributed by atoms with van der Waals surface area (Å²) >= 11 is 6.20. The van der Waals surface area contributed by atoms with Crippen LogP contribution in [0.25, 0.3) is 0 Å². The maximum Gasteiger partial charge on any atom is 0.243 e. The van der Waals surface area contributed by atoms with Crippen molar-refractivity contribution in [3.05, 3.63) is 64.7 Å². The van der Waals surface area contributed by atoms with E-state index in [4.69, 9.17) is 11.6 Å². The highest BCUT2D eigenvalue weighted by atomic mass is 35.5. The van der Waals surface area contributed by atoms with Gasteiger partial charge in [0.15, 0.2) is 5.78 Å². The topological polar surface area (TPSA) is 57.7 Å². The third kappa shape index (κ3) is 4.15. The summed E-state index contributed by atoms with van der Waals surface area (Å²) in [5.41, 5.74) is 1.55. The number of Topliss-reactive ketones (excluding diaryl/α,β-unsaturated/α-hetero) is 1. The van der Waals surface area contributed by atoms with Crippen LogP contribution >= 0.6 is 11.6 Å². The number of carbonyl (C=O) groups excluding carboxylic acids is 1. The lowest BCUT2D eigenvalue weighted by molar-refractivity contribution is 0.101. The Kier molecular flexibility index (Phi) is 5.77. The minimum atomic E-state index is -3.54. The number of rotatable bonds is 5. The molecule has 1 heterocycles. The lowest BCUT2D eigenvalue weighted by Gasteiger charge is -2.34. The first-order valence-corrected chi connectivity index (χ1v) is 10.3. The van der Waals surface area contributed by atoms with Crippen molar-refractivity contribution in [3.63, 3.8) is 0 Å². The van der Waals surface area contributed by atoms with Gasteiger partial charge in [0.2, 0.25) is 10.0 Å². The van der Waals surface area contributed by atoms with Crippen molar-refractivity contribution >= 4 is 27.4 Å². The third-order valence-corrected chi connectivity index (χ3v) is 6.86. The van der Waals surface area contributed by atoms with Crippen molar-refractivity contribution in [3.8, 4) is 0 Å². The maximum atomic E-state index is 12.8. The first kappa shape index (κ1) is 19.0. The number of sulfonamides is 1. The maximum absolute atomic E-state index is 12.8. The number of benzene rings is 2. The molecule has 0 saturated carbocycles. The molecule has 0 spiro atoms. The Morgan fingerprint density at radius 3 is 2.19 bits per heavy atom.